The van der Waals surface area contributed by atoms with Crippen molar-refractivity contribution in [3.8, 4) is 0 Å². The topological polar surface area (TPSA) is 0 Å². The van der Waals surface area contributed by atoms with Crippen molar-refractivity contribution in [3.05, 3.63) is 71.8 Å². The number of benzene rings is 2. The molecular weight excluding hydrogens is 199 g/mol. The van der Waals surface area contributed by atoms with E-state index in [1.807, 2.05) is 0 Å². The first-order valence-corrected chi connectivity index (χ1v) is 6.43. The van der Waals surface area contributed by atoms with E-state index in [1.165, 1.54) is 19.7 Å². The molecular formula is C14H14P-. The molecule has 0 aliphatic heterocycles. The van der Waals surface area contributed by atoms with Gasteiger partial charge in [0.05, 0.1) is 0 Å². The molecule has 76 valence electrons. The Morgan fingerprint density at radius 3 is 1.40 bits per heavy atom. The van der Waals surface area contributed by atoms with Gasteiger partial charge in [-0.05, 0) is 0 Å². The second-order valence-electron chi connectivity index (χ2n) is 3.51. The lowest BCUT2D eigenvalue weighted by Crippen LogP contribution is -1.80. The molecule has 15 heavy (non-hydrogen) atoms. The largest absolute Gasteiger partial charge is 0.530 e. The van der Waals surface area contributed by atoms with Crippen molar-refractivity contribution in [1.82, 2.24) is 0 Å². The molecule has 2 aromatic rings. The molecule has 2 aromatic carbocycles. The predicted octanol–water partition coefficient (Wildman–Crippen LogP) is 4.33. The van der Waals surface area contributed by atoms with E-state index in [1.54, 1.807) is 0 Å². The van der Waals surface area contributed by atoms with Crippen LogP contribution in [0.2, 0.25) is 0 Å². The van der Waals surface area contributed by atoms with Gasteiger partial charge in [-0.1, -0.05) is 71.8 Å². The summed E-state index contributed by atoms with van der Waals surface area (Å²) >= 11 is 0. The van der Waals surface area contributed by atoms with E-state index in [0.717, 1.165) is 12.3 Å². The van der Waals surface area contributed by atoms with Crippen LogP contribution in [0.25, 0.3) is 0 Å². The van der Waals surface area contributed by atoms with Gasteiger partial charge in [0.1, 0.15) is 0 Å². The summed E-state index contributed by atoms with van der Waals surface area (Å²) in [4.78, 5) is 0. The van der Waals surface area contributed by atoms with Crippen LogP contribution in [0.5, 0.6) is 0 Å². The van der Waals surface area contributed by atoms with Crippen molar-refractivity contribution in [2.45, 2.75) is 12.3 Å². The third kappa shape index (κ3) is 3.49. The van der Waals surface area contributed by atoms with Crippen LogP contribution in [0.4, 0.5) is 0 Å². The minimum Gasteiger partial charge on any atom is -0.530 e. The highest BCUT2D eigenvalue weighted by Gasteiger charge is 1.83. The fraction of sp³-hybridized carbons (Fsp3) is 0.143. The Balaban J connectivity index is 1.81. The van der Waals surface area contributed by atoms with Gasteiger partial charge < -0.3 is 8.58 Å². The highest BCUT2D eigenvalue weighted by Crippen LogP contribution is 2.23. The van der Waals surface area contributed by atoms with Crippen LogP contribution < -0.4 is 0 Å². The van der Waals surface area contributed by atoms with E-state index >= 15 is 0 Å². The van der Waals surface area contributed by atoms with Crippen molar-refractivity contribution >= 4 is 8.58 Å². The Morgan fingerprint density at radius 2 is 1.00 bits per heavy atom. The van der Waals surface area contributed by atoms with Crippen molar-refractivity contribution < 1.29 is 0 Å². The van der Waals surface area contributed by atoms with Crippen LogP contribution in [0, 0.1) is 0 Å². The monoisotopic (exact) mass is 213 g/mol. The second kappa shape index (κ2) is 5.68. The molecule has 0 amide bonds. The van der Waals surface area contributed by atoms with Gasteiger partial charge in [-0.2, -0.15) is 12.3 Å². The Bertz CT molecular complexity index is 341. The number of rotatable bonds is 4. The van der Waals surface area contributed by atoms with Gasteiger partial charge in [0, 0.05) is 0 Å². The molecule has 2 rings (SSSR count). The average molecular weight is 213 g/mol. The minimum atomic E-state index is 1.15. The van der Waals surface area contributed by atoms with Crippen molar-refractivity contribution in [1.29, 1.82) is 0 Å². The molecule has 0 nitrogen and oxygen atoms in total. The van der Waals surface area contributed by atoms with E-state index in [-0.39, 0.29) is 0 Å². The number of hydrogen-bond acceptors (Lipinski definition) is 0. The van der Waals surface area contributed by atoms with E-state index in [4.69, 9.17) is 0 Å². The third-order valence-electron chi connectivity index (χ3n) is 2.27. The average Bonchev–Trinajstić information content (AvgIpc) is 2.32. The molecule has 0 aliphatic carbocycles. The smallest absolute Gasteiger partial charge is 0.0615 e. The summed E-state index contributed by atoms with van der Waals surface area (Å²) in [6, 6.07) is 21.3. The van der Waals surface area contributed by atoms with Crippen molar-refractivity contribution in [3.63, 3.8) is 0 Å². The molecule has 0 fully saturated rings. The predicted molar refractivity (Wildman–Crippen MR) is 67.2 cm³/mol. The summed E-state index contributed by atoms with van der Waals surface area (Å²) in [6.45, 7) is 0. The zero-order valence-electron chi connectivity index (χ0n) is 8.63. The molecule has 1 heteroatoms. The summed E-state index contributed by atoms with van der Waals surface area (Å²) < 4.78 is 0. The number of hydrogen-bond donors (Lipinski definition) is 0. The molecule has 0 heterocycles. The molecule has 0 radical (unpaired) electrons. The van der Waals surface area contributed by atoms with E-state index < -0.39 is 0 Å². The van der Waals surface area contributed by atoms with Gasteiger partial charge >= 0.3 is 0 Å². The van der Waals surface area contributed by atoms with E-state index in [9.17, 15) is 0 Å². The molecule has 0 aliphatic rings. The van der Waals surface area contributed by atoms with Gasteiger partial charge in [0.25, 0.3) is 0 Å². The molecule has 0 unspecified atom stereocenters. The molecule has 0 aromatic heterocycles. The lowest BCUT2D eigenvalue weighted by molar-refractivity contribution is 1.35. The van der Waals surface area contributed by atoms with Crippen LogP contribution in [-0.2, 0) is 12.3 Å². The van der Waals surface area contributed by atoms with Gasteiger partial charge in [-0.25, -0.2) is 0 Å². The van der Waals surface area contributed by atoms with Gasteiger partial charge in [-0.15, -0.1) is 0 Å². The third-order valence-corrected chi connectivity index (χ3v) is 3.45. The Kier molecular flexibility index (Phi) is 3.93. The normalized spacial score (nSPS) is 10.1. The van der Waals surface area contributed by atoms with Crippen molar-refractivity contribution in [2.24, 2.45) is 0 Å². The lowest BCUT2D eigenvalue weighted by Gasteiger charge is -2.16. The Morgan fingerprint density at radius 1 is 0.600 bits per heavy atom. The summed E-state index contributed by atoms with van der Waals surface area (Å²) in [5.41, 5.74) is 2.85. The minimum absolute atomic E-state index is 1.15. The van der Waals surface area contributed by atoms with Crippen molar-refractivity contribution in [2.75, 3.05) is 0 Å². The maximum Gasteiger partial charge on any atom is -0.0615 e. The molecule has 0 saturated heterocycles. The molecule has 0 atom stereocenters. The first-order chi connectivity index (χ1) is 7.45. The quantitative estimate of drug-likeness (QED) is 0.663. The zero-order chi connectivity index (χ0) is 10.3. The van der Waals surface area contributed by atoms with Crippen LogP contribution in [0.3, 0.4) is 0 Å². The fourth-order valence-electron chi connectivity index (χ4n) is 1.48. The van der Waals surface area contributed by atoms with Crippen LogP contribution in [0.1, 0.15) is 11.1 Å². The second-order valence-corrected chi connectivity index (χ2v) is 4.59. The molecule has 0 spiro atoms. The van der Waals surface area contributed by atoms with Crippen LogP contribution in [-0.4, -0.2) is 0 Å². The molecule has 0 saturated carbocycles. The maximum absolute atomic E-state index is 2.19. The summed E-state index contributed by atoms with van der Waals surface area (Å²) in [6.07, 6.45) is 2.30. The SMILES string of the molecule is c1ccc(C[P-]Cc2ccccc2)cc1. The highest BCUT2D eigenvalue weighted by molar-refractivity contribution is 7.36. The van der Waals surface area contributed by atoms with Crippen LogP contribution in [0.15, 0.2) is 60.7 Å². The fourth-order valence-corrected chi connectivity index (χ4v) is 2.53. The first-order valence-electron chi connectivity index (χ1n) is 5.16. The maximum atomic E-state index is 2.19. The first kappa shape index (κ1) is 10.4. The van der Waals surface area contributed by atoms with E-state index in [2.05, 4.69) is 60.7 Å². The standard InChI is InChI=1S/C14H14P/c1-3-7-13(8-4-1)11-15-12-14-9-5-2-6-10-14/h1-10H,11-12H2/q-1. The lowest BCUT2D eigenvalue weighted by atomic mass is 10.2. The van der Waals surface area contributed by atoms with Crippen LogP contribution >= 0.6 is 8.58 Å². The van der Waals surface area contributed by atoms with Gasteiger partial charge in [-0.3, -0.25) is 0 Å². The van der Waals surface area contributed by atoms with Gasteiger partial charge in [0.15, 0.2) is 0 Å². The van der Waals surface area contributed by atoms with Gasteiger partial charge in [0.2, 0.25) is 0 Å². The summed E-state index contributed by atoms with van der Waals surface area (Å²) in [5.74, 6) is 0. The highest BCUT2D eigenvalue weighted by atomic mass is 31.1. The summed E-state index contributed by atoms with van der Waals surface area (Å²) in [5, 5.41) is 0. The van der Waals surface area contributed by atoms with E-state index in [0.29, 0.717) is 0 Å². The Hall–Kier alpha value is -1.13. The Labute approximate surface area is 93.1 Å². The zero-order valence-corrected chi connectivity index (χ0v) is 9.53. The molecule has 0 bridgehead atoms. The summed E-state index contributed by atoms with van der Waals surface area (Å²) in [7, 11) is 1.47. The molecule has 0 N–H and O–H groups in total.